The fourth-order valence-electron chi connectivity index (χ4n) is 3.53. The van der Waals surface area contributed by atoms with Crippen LogP contribution in [0.5, 0.6) is 11.5 Å². The molecule has 0 fully saturated rings. The number of ether oxygens (including phenoxy) is 2. The maximum atomic E-state index is 13.3. The van der Waals surface area contributed by atoms with Gasteiger partial charge in [0.2, 0.25) is 0 Å². The van der Waals surface area contributed by atoms with Gasteiger partial charge in [-0.1, -0.05) is 12.1 Å². The van der Waals surface area contributed by atoms with Crippen LogP contribution >= 0.6 is 0 Å². The first-order valence-electron chi connectivity index (χ1n) is 9.12. The molecular formula is C22H23F3N2O2. The van der Waals surface area contributed by atoms with Crippen LogP contribution in [0.15, 0.2) is 36.5 Å². The van der Waals surface area contributed by atoms with Crippen molar-refractivity contribution >= 4 is 16.6 Å². The summed E-state index contributed by atoms with van der Waals surface area (Å²) < 4.78 is 50.6. The van der Waals surface area contributed by atoms with Gasteiger partial charge in [-0.2, -0.15) is 13.2 Å². The molecule has 0 unspecified atom stereocenters. The molecule has 3 aromatic rings. The van der Waals surface area contributed by atoms with Gasteiger partial charge in [-0.3, -0.25) is 0 Å². The molecule has 0 aliphatic carbocycles. The number of methoxy groups -OCH3 is 2. The van der Waals surface area contributed by atoms with Crippen LogP contribution in [0.25, 0.3) is 10.8 Å². The van der Waals surface area contributed by atoms with Crippen molar-refractivity contribution in [1.29, 1.82) is 0 Å². The normalized spacial score (nSPS) is 12.7. The van der Waals surface area contributed by atoms with Gasteiger partial charge in [-0.25, -0.2) is 4.98 Å². The minimum atomic E-state index is -4.39. The van der Waals surface area contributed by atoms with Crippen LogP contribution in [0, 0.1) is 13.8 Å². The number of hydrogen-bond donors (Lipinski definition) is 1. The highest BCUT2D eigenvalue weighted by molar-refractivity contribution is 5.96. The Balaban J connectivity index is 2.06. The first-order chi connectivity index (χ1) is 13.7. The van der Waals surface area contributed by atoms with Crippen molar-refractivity contribution in [1.82, 2.24) is 4.98 Å². The molecule has 3 rings (SSSR count). The van der Waals surface area contributed by atoms with Gasteiger partial charge in [-0.05, 0) is 61.0 Å². The van der Waals surface area contributed by atoms with E-state index in [9.17, 15) is 13.2 Å². The fourth-order valence-corrected chi connectivity index (χ4v) is 3.53. The molecule has 0 bridgehead atoms. The number of aryl methyl sites for hydroxylation is 1. The quantitative estimate of drug-likeness (QED) is 0.561. The van der Waals surface area contributed by atoms with Crippen LogP contribution in [-0.2, 0) is 6.18 Å². The zero-order chi connectivity index (χ0) is 21.3. The first kappa shape index (κ1) is 20.8. The summed E-state index contributed by atoms with van der Waals surface area (Å²) in [6.45, 7) is 5.24. The van der Waals surface area contributed by atoms with Crippen molar-refractivity contribution in [2.75, 3.05) is 19.5 Å². The number of halogens is 3. The lowest BCUT2D eigenvalue weighted by molar-refractivity contribution is -0.138. The van der Waals surface area contributed by atoms with E-state index in [0.717, 1.165) is 22.4 Å². The molecule has 2 aromatic carbocycles. The Morgan fingerprint density at radius 3 is 2.21 bits per heavy atom. The number of rotatable bonds is 5. The third-order valence-corrected chi connectivity index (χ3v) is 5.09. The molecule has 0 amide bonds. The van der Waals surface area contributed by atoms with Crippen LogP contribution in [-0.4, -0.2) is 19.2 Å². The number of benzene rings is 2. The van der Waals surface area contributed by atoms with Crippen LogP contribution in [0.2, 0.25) is 0 Å². The maximum Gasteiger partial charge on any atom is 0.416 e. The Kier molecular flexibility index (Phi) is 5.59. The summed E-state index contributed by atoms with van der Waals surface area (Å²) in [5, 5.41) is 4.99. The summed E-state index contributed by atoms with van der Waals surface area (Å²) in [5.74, 6) is 1.72. The van der Waals surface area contributed by atoms with E-state index in [2.05, 4.69) is 10.3 Å². The summed E-state index contributed by atoms with van der Waals surface area (Å²) in [5.41, 5.74) is 1.10. The minimum Gasteiger partial charge on any atom is -0.493 e. The lowest BCUT2D eigenvalue weighted by Gasteiger charge is -2.21. The van der Waals surface area contributed by atoms with Gasteiger partial charge in [-0.15, -0.1) is 0 Å². The number of aromatic nitrogens is 1. The third-order valence-electron chi connectivity index (χ3n) is 5.09. The predicted molar refractivity (Wildman–Crippen MR) is 108 cm³/mol. The van der Waals surface area contributed by atoms with E-state index in [1.165, 1.54) is 13.0 Å². The zero-order valence-electron chi connectivity index (χ0n) is 16.9. The van der Waals surface area contributed by atoms with Crippen LogP contribution in [0.4, 0.5) is 19.0 Å². The van der Waals surface area contributed by atoms with E-state index >= 15 is 0 Å². The lowest BCUT2D eigenvalue weighted by atomic mass is 9.97. The number of pyridine rings is 1. The second kappa shape index (κ2) is 7.81. The molecule has 1 aromatic heterocycles. The van der Waals surface area contributed by atoms with Crippen LogP contribution in [0.3, 0.4) is 0 Å². The SMILES string of the molecule is COc1cc2c(C)cnc(N[C@H](C)c3cccc(C(F)(F)F)c3C)c2cc1OC. The second-order valence-electron chi connectivity index (χ2n) is 6.93. The monoisotopic (exact) mass is 404 g/mol. The van der Waals surface area contributed by atoms with Gasteiger partial charge in [0, 0.05) is 11.6 Å². The summed E-state index contributed by atoms with van der Waals surface area (Å²) >= 11 is 0. The standard InChI is InChI=1S/C22H23F3N2O2/c1-12-11-26-21(17-10-20(29-5)19(28-4)9-16(12)17)27-14(3)15-7-6-8-18(13(15)2)22(23,24)25/h6-11,14H,1-5H3,(H,26,27)/t14-/m1/s1. The van der Waals surface area contributed by atoms with Crippen LogP contribution < -0.4 is 14.8 Å². The van der Waals surface area contributed by atoms with E-state index in [1.54, 1.807) is 26.5 Å². The highest BCUT2D eigenvalue weighted by Crippen LogP contribution is 2.38. The first-order valence-corrected chi connectivity index (χ1v) is 9.12. The molecule has 154 valence electrons. The van der Waals surface area contributed by atoms with Gasteiger partial charge < -0.3 is 14.8 Å². The fraction of sp³-hybridized carbons (Fsp3) is 0.318. The minimum absolute atomic E-state index is 0.204. The van der Waals surface area contributed by atoms with Gasteiger partial charge in [0.1, 0.15) is 5.82 Å². The van der Waals surface area contributed by atoms with Gasteiger partial charge in [0.05, 0.1) is 25.8 Å². The Labute approximate surface area is 167 Å². The Morgan fingerprint density at radius 1 is 1.00 bits per heavy atom. The summed E-state index contributed by atoms with van der Waals surface area (Å²) in [6.07, 6.45) is -2.67. The van der Waals surface area contributed by atoms with Crippen molar-refractivity contribution in [3.8, 4) is 11.5 Å². The van der Waals surface area contributed by atoms with E-state index in [4.69, 9.17) is 9.47 Å². The highest BCUT2D eigenvalue weighted by Gasteiger charge is 2.33. The van der Waals surface area contributed by atoms with Crippen molar-refractivity contribution in [2.24, 2.45) is 0 Å². The molecule has 0 spiro atoms. The van der Waals surface area contributed by atoms with Crippen molar-refractivity contribution in [3.05, 3.63) is 58.8 Å². The number of hydrogen-bond acceptors (Lipinski definition) is 4. The molecule has 1 N–H and O–H groups in total. The van der Waals surface area contributed by atoms with Crippen LogP contribution in [0.1, 0.15) is 35.2 Å². The topological polar surface area (TPSA) is 43.4 Å². The molecule has 4 nitrogen and oxygen atoms in total. The smallest absolute Gasteiger partial charge is 0.416 e. The molecule has 0 radical (unpaired) electrons. The summed E-state index contributed by atoms with van der Waals surface area (Å²) in [6, 6.07) is 7.53. The third kappa shape index (κ3) is 3.95. The number of anilines is 1. The largest absolute Gasteiger partial charge is 0.493 e. The molecule has 0 aliphatic rings. The predicted octanol–water partition coefficient (Wildman–Crippen LogP) is 6.06. The maximum absolute atomic E-state index is 13.3. The van der Waals surface area contributed by atoms with Crippen molar-refractivity contribution in [3.63, 3.8) is 0 Å². The Bertz CT molecular complexity index is 1050. The zero-order valence-corrected chi connectivity index (χ0v) is 16.9. The van der Waals surface area contributed by atoms with Crippen molar-refractivity contribution < 1.29 is 22.6 Å². The van der Waals surface area contributed by atoms with E-state index < -0.39 is 11.7 Å². The highest BCUT2D eigenvalue weighted by atomic mass is 19.4. The van der Waals surface area contributed by atoms with Crippen molar-refractivity contribution in [2.45, 2.75) is 33.0 Å². The molecule has 1 atom stereocenters. The molecule has 0 saturated heterocycles. The molecule has 7 heteroatoms. The number of nitrogens with zero attached hydrogens (tertiary/aromatic N) is 1. The lowest BCUT2D eigenvalue weighted by Crippen LogP contribution is -2.14. The molecule has 29 heavy (non-hydrogen) atoms. The van der Waals surface area contributed by atoms with Gasteiger partial charge in [0.25, 0.3) is 0 Å². The van der Waals surface area contributed by atoms with E-state index in [1.807, 2.05) is 26.0 Å². The molecule has 1 heterocycles. The summed E-state index contributed by atoms with van der Waals surface area (Å²) in [4.78, 5) is 4.47. The average molecular weight is 404 g/mol. The Morgan fingerprint density at radius 2 is 1.62 bits per heavy atom. The number of alkyl halides is 3. The Hall–Kier alpha value is -2.96. The van der Waals surface area contributed by atoms with Gasteiger partial charge >= 0.3 is 6.18 Å². The van der Waals surface area contributed by atoms with Gasteiger partial charge in [0.15, 0.2) is 11.5 Å². The number of fused-ring (bicyclic) bond motifs is 1. The molecule has 0 saturated carbocycles. The summed E-state index contributed by atoms with van der Waals surface area (Å²) in [7, 11) is 3.12. The van der Waals surface area contributed by atoms with E-state index in [0.29, 0.717) is 22.9 Å². The molecule has 0 aliphatic heterocycles. The van der Waals surface area contributed by atoms with E-state index in [-0.39, 0.29) is 11.6 Å². The number of nitrogens with one attached hydrogen (secondary N) is 1. The molecular weight excluding hydrogens is 381 g/mol. The average Bonchev–Trinajstić information content (AvgIpc) is 2.68. The second-order valence-corrected chi connectivity index (χ2v) is 6.93.